The van der Waals surface area contributed by atoms with Gasteiger partial charge in [-0.3, -0.25) is 0 Å². The number of ether oxygens (including phenoxy) is 3. The molecule has 2 aromatic carbocycles. The molecule has 0 aliphatic heterocycles. The van der Waals surface area contributed by atoms with Crippen molar-refractivity contribution in [1.82, 2.24) is 0 Å². The van der Waals surface area contributed by atoms with E-state index in [1.807, 2.05) is 30.3 Å². The minimum absolute atomic E-state index is 0.218. The summed E-state index contributed by atoms with van der Waals surface area (Å²) < 4.78 is 15.8. The molecule has 0 bridgehead atoms. The normalized spacial score (nSPS) is 10.1. The fourth-order valence-electron chi connectivity index (χ4n) is 2.06. The largest absolute Gasteiger partial charge is 0.493 e. The smallest absolute Gasteiger partial charge is 0.349 e. The zero-order valence-corrected chi connectivity index (χ0v) is 13.9. The van der Waals surface area contributed by atoms with Crippen LogP contribution in [0.3, 0.4) is 0 Å². The van der Waals surface area contributed by atoms with Gasteiger partial charge in [0.25, 0.3) is 0 Å². The fourth-order valence-corrected chi connectivity index (χ4v) is 2.06. The van der Waals surface area contributed by atoms with E-state index in [2.05, 4.69) is 13.8 Å². The van der Waals surface area contributed by atoms with Crippen molar-refractivity contribution < 1.29 is 19.0 Å². The predicted octanol–water partition coefficient (Wildman–Crippen LogP) is 3.67. The molecule has 5 nitrogen and oxygen atoms in total. The van der Waals surface area contributed by atoms with E-state index in [4.69, 9.17) is 19.5 Å². The van der Waals surface area contributed by atoms with Gasteiger partial charge in [-0.05, 0) is 35.7 Å². The van der Waals surface area contributed by atoms with Crippen LogP contribution in [0.4, 0.5) is 0 Å². The van der Waals surface area contributed by atoms with Gasteiger partial charge >= 0.3 is 5.97 Å². The molecule has 0 atom stereocenters. The first-order valence-electron chi connectivity index (χ1n) is 7.55. The first-order valence-corrected chi connectivity index (χ1v) is 7.55. The lowest BCUT2D eigenvalue weighted by Gasteiger charge is -2.11. The van der Waals surface area contributed by atoms with E-state index in [0.29, 0.717) is 23.0 Å². The lowest BCUT2D eigenvalue weighted by Crippen LogP contribution is -2.18. The summed E-state index contributed by atoms with van der Waals surface area (Å²) in [6, 6.07) is 14.2. The lowest BCUT2D eigenvalue weighted by atomic mass is 10.0. The molecule has 0 aliphatic rings. The van der Waals surface area contributed by atoms with E-state index in [-0.39, 0.29) is 12.4 Å². The van der Waals surface area contributed by atoms with Gasteiger partial charge in [0.2, 0.25) is 0 Å². The second-order valence-corrected chi connectivity index (χ2v) is 5.46. The number of carbonyl (C=O) groups is 1. The second-order valence-electron chi connectivity index (χ2n) is 5.46. The SMILES string of the molecule is COc1cc(C#N)ccc1OC(=O)COc1ccc(C(C)C)cc1. The minimum atomic E-state index is -0.550. The van der Waals surface area contributed by atoms with Gasteiger partial charge in [-0.1, -0.05) is 26.0 Å². The van der Waals surface area contributed by atoms with Crippen molar-refractivity contribution in [3.63, 3.8) is 0 Å². The fraction of sp³-hybridized carbons (Fsp3) is 0.263. The zero-order valence-electron chi connectivity index (χ0n) is 13.9. The third-order valence-corrected chi connectivity index (χ3v) is 3.42. The number of esters is 1. The molecule has 0 aromatic heterocycles. The van der Waals surface area contributed by atoms with Crippen molar-refractivity contribution in [2.75, 3.05) is 13.7 Å². The number of carbonyl (C=O) groups excluding carboxylic acids is 1. The summed E-state index contributed by atoms with van der Waals surface area (Å²) in [6.07, 6.45) is 0. The minimum Gasteiger partial charge on any atom is -0.493 e. The molecule has 0 radical (unpaired) electrons. The van der Waals surface area contributed by atoms with Crippen LogP contribution in [0.5, 0.6) is 17.2 Å². The van der Waals surface area contributed by atoms with Crippen LogP contribution in [0.15, 0.2) is 42.5 Å². The number of hydrogen-bond acceptors (Lipinski definition) is 5. The van der Waals surface area contributed by atoms with Crippen molar-refractivity contribution >= 4 is 5.97 Å². The van der Waals surface area contributed by atoms with Gasteiger partial charge in [-0.15, -0.1) is 0 Å². The number of benzene rings is 2. The highest BCUT2D eigenvalue weighted by molar-refractivity contribution is 5.75. The van der Waals surface area contributed by atoms with E-state index in [1.165, 1.54) is 24.8 Å². The van der Waals surface area contributed by atoms with E-state index in [0.717, 1.165) is 0 Å². The number of nitrogens with zero attached hydrogens (tertiary/aromatic N) is 1. The molecule has 5 heteroatoms. The standard InChI is InChI=1S/C19H19NO4/c1-13(2)15-5-7-16(8-6-15)23-12-19(21)24-17-9-4-14(11-20)10-18(17)22-3/h4-10,13H,12H2,1-3H3. The monoisotopic (exact) mass is 325 g/mol. The molecular weight excluding hydrogens is 306 g/mol. The molecule has 0 saturated carbocycles. The molecule has 0 heterocycles. The lowest BCUT2D eigenvalue weighted by molar-refractivity contribution is -0.136. The third kappa shape index (κ3) is 4.50. The van der Waals surface area contributed by atoms with Gasteiger partial charge in [0.05, 0.1) is 18.7 Å². The van der Waals surface area contributed by atoms with Crippen LogP contribution >= 0.6 is 0 Å². The Kier molecular flexibility index (Phi) is 5.80. The first kappa shape index (κ1) is 17.4. The summed E-state index contributed by atoms with van der Waals surface area (Å²) in [5.74, 6) is 1.06. The van der Waals surface area contributed by atoms with Crippen LogP contribution in [0, 0.1) is 11.3 Å². The second kappa shape index (κ2) is 8.02. The van der Waals surface area contributed by atoms with E-state index in [9.17, 15) is 4.79 Å². The molecule has 0 unspecified atom stereocenters. The number of rotatable bonds is 6. The zero-order chi connectivity index (χ0) is 17.5. The van der Waals surface area contributed by atoms with Gasteiger partial charge in [-0.25, -0.2) is 4.79 Å². The highest BCUT2D eigenvalue weighted by atomic mass is 16.6. The number of nitriles is 1. The third-order valence-electron chi connectivity index (χ3n) is 3.42. The van der Waals surface area contributed by atoms with Crippen molar-refractivity contribution in [2.45, 2.75) is 19.8 Å². The topological polar surface area (TPSA) is 68.5 Å². The Morgan fingerprint density at radius 1 is 1.12 bits per heavy atom. The molecule has 0 aliphatic carbocycles. The summed E-state index contributed by atoms with van der Waals surface area (Å²) in [7, 11) is 1.45. The molecule has 0 N–H and O–H groups in total. The Bertz CT molecular complexity index is 745. The molecular formula is C19H19NO4. The Morgan fingerprint density at radius 2 is 1.83 bits per heavy atom. The van der Waals surface area contributed by atoms with E-state index in [1.54, 1.807) is 6.07 Å². The van der Waals surface area contributed by atoms with Gasteiger partial charge in [-0.2, -0.15) is 5.26 Å². The maximum Gasteiger partial charge on any atom is 0.349 e. The maximum absolute atomic E-state index is 11.9. The summed E-state index contributed by atoms with van der Waals surface area (Å²) >= 11 is 0. The summed E-state index contributed by atoms with van der Waals surface area (Å²) in [5, 5.41) is 8.86. The van der Waals surface area contributed by atoms with Gasteiger partial charge in [0.1, 0.15) is 5.75 Å². The maximum atomic E-state index is 11.9. The summed E-state index contributed by atoms with van der Waals surface area (Å²) in [6.45, 7) is 4.00. The highest BCUT2D eigenvalue weighted by Gasteiger charge is 2.12. The van der Waals surface area contributed by atoms with E-state index < -0.39 is 5.97 Å². The molecule has 2 aromatic rings. The van der Waals surface area contributed by atoms with Gasteiger partial charge < -0.3 is 14.2 Å². The Morgan fingerprint density at radius 3 is 2.42 bits per heavy atom. The van der Waals surface area contributed by atoms with E-state index >= 15 is 0 Å². The van der Waals surface area contributed by atoms with Crippen LogP contribution in [-0.4, -0.2) is 19.7 Å². The number of hydrogen-bond donors (Lipinski definition) is 0. The molecule has 2 rings (SSSR count). The molecule has 0 fully saturated rings. The number of methoxy groups -OCH3 is 1. The van der Waals surface area contributed by atoms with Crippen molar-refractivity contribution in [3.8, 4) is 23.3 Å². The van der Waals surface area contributed by atoms with Gasteiger partial charge in [0, 0.05) is 6.07 Å². The quantitative estimate of drug-likeness (QED) is 0.598. The molecule has 0 spiro atoms. The van der Waals surface area contributed by atoms with Crippen LogP contribution in [0.2, 0.25) is 0 Å². The average molecular weight is 325 g/mol. The average Bonchev–Trinajstić information content (AvgIpc) is 2.60. The first-order chi connectivity index (χ1) is 11.5. The van der Waals surface area contributed by atoms with Crippen LogP contribution in [0.1, 0.15) is 30.9 Å². The van der Waals surface area contributed by atoms with Gasteiger partial charge in [0.15, 0.2) is 18.1 Å². The molecule has 0 amide bonds. The van der Waals surface area contributed by atoms with Crippen LogP contribution < -0.4 is 14.2 Å². The van der Waals surface area contributed by atoms with Crippen LogP contribution in [0.25, 0.3) is 0 Å². The highest BCUT2D eigenvalue weighted by Crippen LogP contribution is 2.28. The Hall–Kier alpha value is -3.00. The summed E-state index contributed by atoms with van der Waals surface area (Å²) in [5.41, 5.74) is 1.63. The van der Waals surface area contributed by atoms with Crippen molar-refractivity contribution in [3.05, 3.63) is 53.6 Å². The van der Waals surface area contributed by atoms with Crippen molar-refractivity contribution in [2.24, 2.45) is 0 Å². The summed E-state index contributed by atoms with van der Waals surface area (Å²) in [4.78, 5) is 11.9. The Balaban J connectivity index is 1.95. The molecule has 24 heavy (non-hydrogen) atoms. The van der Waals surface area contributed by atoms with Crippen molar-refractivity contribution in [1.29, 1.82) is 5.26 Å². The van der Waals surface area contributed by atoms with Crippen LogP contribution in [-0.2, 0) is 4.79 Å². The predicted molar refractivity (Wildman–Crippen MR) is 89.4 cm³/mol. The molecule has 124 valence electrons. The molecule has 0 saturated heterocycles. The Labute approximate surface area is 141 Å².